The topological polar surface area (TPSA) is 38.1 Å². The summed E-state index contributed by atoms with van der Waals surface area (Å²) in [4.78, 5) is 17.9. The molecule has 4 nitrogen and oxygen atoms in total. The van der Waals surface area contributed by atoms with Gasteiger partial charge in [0.05, 0.1) is 5.69 Å². The second-order valence-electron chi connectivity index (χ2n) is 4.88. The van der Waals surface area contributed by atoms with Gasteiger partial charge in [0, 0.05) is 37.4 Å². The van der Waals surface area contributed by atoms with Gasteiger partial charge in [-0.3, -0.25) is 4.79 Å². The van der Waals surface area contributed by atoms with Crippen molar-refractivity contribution in [2.75, 3.05) is 14.1 Å². The lowest BCUT2D eigenvalue weighted by Gasteiger charge is -2.06. The number of rotatable bonds is 2. The van der Waals surface area contributed by atoms with Crippen molar-refractivity contribution in [1.82, 2.24) is 14.5 Å². The lowest BCUT2D eigenvalue weighted by atomic mass is 10.2. The van der Waals surface area contributed by atoms with E-state index in [2.05, 4.69) is 27.8 Å². The van der Waals surface area contributed by atoms with E-state index in [1.807, 2.05) is 24.6 Å². The van der Waals surface area contributed by atoms with Crippen molar-refractivity contribution in [1.29, 1.82) is 0 Å². The van der Waals surface area contributed by atoms with Crippen LogP contribution in [0.2, 0.25) is 0 Å². The van der Waals surface area contributed by atoms with Crippen LogP contribution in [0.15, 0.2) is 35.7 Å². The van der Waals surface area contributed by atoms with Gasteiger partial charge < -0.3 is 9.47 Å². The van der Waals surface area contributed by atoms with Crippen LogP contribution in [-0.4, -0.2) is 34.5 Å². The quantitative estimate of drug-likeness (QED) is 0.726. The van der Waals surface area contributed by atoms with Crippen LogP contribution in [0.5, 0.6) is 0 Å². The average Bonchev–Trinajstić information content (AvgIpc) is 3.03. The number of carbonyl (C=O) groups is 1. The molecule has 1 amide bonds. The average molecular weight is 285 g/mol. The molecular weight excluding hydrogens is 270 g/mol. The SMILES string of the molecule is CN(C)C(=O)c1csc(-c2cc3ccccc3n2C)n1. The van der Waals surface area contributed by atoms with E-state index < -0.39 is 0 Å². The molecule has 0 radical (unpaired) electrons. The Labute approximate surface area is 121 Å². The molecule has 102 valence electrons. The molecule has 2 heterocycles. The normalized spacial score (nSPS) is 10.9. The van der Waals surface area contributed by atoms with Crippen molar-refractivity contribution >= 4 is 28.1 Å². The number of fused-ring (bicyclic) bond motifs is 1. The lowest BCUT2D eigenvalue weighted by Crippen LogP contribution is -2.21. The smallest absolute Gasteiger partial charge is 0.272 e. The van der Waals surface area contributed by atoms with Gasteiger partial charge in [-0.05, 0) is 12.1 Å². The highest BCUT2D eigenvalue weighted by molar-refractivity contribution is 7.13. The second kappa shape index (κ2) is 4.76. The predicted molar refractivity (Wildman–Crippen MR) is 82.0 cm³/mol. The van der Waals surface area contributed by atoms with Gasteiger partial charge in [0.2, 0.25) is 0 Å². The molecule has 5 heteroatoms. The molecule has 3 rings (SSSR count). The molecule has 0 aliphatic rings. The minimum Gasteiger partial charge on any atom is -0.343 e. The minimum atomic E-state index is -0.0636. The fraction of sp³-hybridized carbons (Fsp3) is 0.200. The molecule has 0 saturated heterocycles. The Kier molecular flexibility index (Phi) is 3.06. The van der Waals surface area contributed by atoms with Crippen molar-refractivity contribution in [2.45, 2.75) is 0 Å². The van der Waals surface area contributed by atoms with Crippen LogP contribution in [-0.2, 0) is 7.05 Å². The first-order valence-corrected chi connectivity index (χ1v) is 7.18. The molecule has 0 aliphatic carbocycles. The molecule has 0 unspecified atom stereocenters. The van der Waals surface area contributed by atoms with Crippen LogP contribution in [0, 0.1) is 0 Å². The number of carbonyl (C=O) groups excluding carboxylic acids is 1. The van der Waals surface area contributed by atoms with E-state index >= 15 is 0 Å². The number of amides is 1. The molecule has 20 heavy (non-hydrogen) atoms. The summed E-state index contributed by atoms with van der Waals surface area (Å²) in [5.41, 5.74) is 2.70. The minimum absolute atomic E-state index is 0.0636. The van der Waals surface area contributed by atoms with Crippen molar-refractivity contribution in [3.8, 4) is 10.7 Å². The van der Waals surface area contributed by atoms with E-state index in [0.29, 0.717) is 5.69 Å². The zero-order valence-corrected chi connectivity index (χ0v) is 12.4. The van der Waals surface area contributed by atoms with Crippen LogP contribution in [0.25, 0.3) is 21.6 Å². The Morgan fingerprint density at radius 1 is 1.30 bits per heavy atom. The van der Waals surface area contributed by atoms with Crippen LogP contribution < -0.4 is 0 Å². The van der Waals surface area contributed by atoms with E-state index in [1.165, 1.54) is 16.7 Å². The van der Waals surface area contributed by atoms with Crippen molar-refractivity contribution < 1.29 is 4.79 Å². The number of hydrogen-bond acceptors (Lipinski definition) is 3. The van der Waals surface area contributed by atoms with Crippen LogP contribution in [0.4, 0.5) is 0 Å². The summed E-state index contributed by atoms with van der Waals surface area (Å²) < 4.78 is 2.11. The maximum absolute atomic E-state index is 11.9. The van der Waals surface area contributed by atoms with E-state index in [1.54, 1.807) is 19.0 Å². The highest BCUT2D eigenvalue weighted by Gasteiger charge is 2.16. The monoisotopic (exact) mass is 285 g/mol. The van der Waals surface area contributed by atoms with Gasteiger partial charge in [-0.25, -0.2) is 4.98 Å². The third-order valence-electron chi connectivity index (χ3n) is 3.30. The zero-order valence-electron chi connectivity index (χ0n) is 11.6. The molecule has 0 fully saturated rings. The van der Waals surface area contributed by atoms with Crippen molar-refractivity contribution in [3.05, 3.63) is 41.4 Å². The van der Waals surface area contributed by atoms with Crippen LogP contribution in [0.1, 0.15) is 10.5 Å². The van der Waals surface area contributed by atoms with Gasteiger partial charge in [0.25, 0.3) is 5.91 Å². The molecule has 3 aromatic rings. The van der Waals surface area contributed by atoms with Gasteiger partial charge in [0.1, 0.15) is 10.7 Å². The fourth-order valence-electron chi connectivity index (χ4n) is 2.21. The fourth-order valence-corrected chi connectivity index (χ4v) is 3.06. The zero-order chi connectivity index (χ0) is 14.3. The summed E-state index contributed by atoms with van der Waals surface area (Å²) in [7, 11) is 5.49. The molecule has 0 bridgehead atoms. The first kappa shape index (κ1) is 12.9. The van der Waals surface area contributed by atoms with E-state index in [-0.39, 0.29) is 5.91 Å². The summed E-state index contributed by atoms with van der Waals surface area (Å²) >= 11 is 1.50. The van der Waals surface area contributed by atoms with E-state index in [4.69, 9.17) is 0 Å². The third kappa shape index (κ3) is 2.00. The van der Waals surface area contributed by atoms with Crippen molar-refractivity contribution in [3.63, 3.8) is 0 Å². The largest absolute Gasteiger partial charge is 0.343 e. The maximum Gasteiger partial charge on any atom is 0.272 e. The Balaban J connectivity index is 2.08. The predicted octanol–water partition coefficient (Wildman–Crippen LogP) is 3.00. The Morgan fingerprint density at radius 3 is 2.75 bits per heavy atom. The summed E-state index contributed by atoms with van der Waals surface area (Å²) in [6.07, 6.45) is 0. The first-order chi connectivity index (χ1) is 9.58. The van der Waals surface area contributed by atoms with Gasteiger partial charge in [-0.15, -0.1) is 11.3 Å². The molecule has 0 spiro atoms. The molecular formula is C15H15N3OS. The van der Waals surface area contributed by atoms with Gasteiger partial charge >= 0.3 is 0 Å². The van der Waals surface area contributed by atoms with Gasteiger partial charge in [0.15, 0.2) is 0 Å². The first-order valence-electron chi connectivity index (χ1n) is 6.30. The molecule has 0 saturated carbocycles. The summed E-state index contributed by atoms with van der Waals surface area (Å²) in [5, 5.41) is 3.87. The maximum atomic E-state index is 11.9. The molecule has 0 atom stereocenters. The second-order valence-corrected chi connectivity index (χ2v) is 5.74. The number of benzene rings is 1. The number of para-hydroxylation sites is 1. The standard InChI is InChI=1S/C15H15N3OS/c1-17(2)15(19)11-9-20-14(16-11)13-8-10-6-4-5-7-12(10)18(13)3/h4-9H,1-3H3. The number of aryl methyl sites for hydroxylation is 1. The molecule has 0 aliphatic heterocycles. The van der Waals surface area contributed by atoms with Gasteiger partial charge in [-0.1, -0.05) is 18.2 Å². The number of aromatic nitrogens is 2. The van der Waals surface area contributed by atoms with Crippen LogP contribution in [0.3, 0.4) is 0 Å². The summed E-state index contributed by atoms with van der Waals surface area (Å²) in [5.74, 6) is -0.0636. The summed E-state index contributed by atoms with van der Waals surface area (Å²) in [6.45, 7) is 0. The molecule has 1 aromatic carbocycles. The van der Waals surface area contributed by atoms with E-state index in [0.717, 1.165) is 16.2 Å². The highest BCUT2D eigenvalue weighted by atomic mass is 32.1. The Bertz CT molecular complexity index is 785. The third-order valence-corrected chi connectivity index (χ3v) is 4.17. The number of nitrogens with zero attached hydrogens (tertiary/aromatic N) is 3. The van der Waals surface area contributed by atoms with Crippen LogP contribution >= 0.6 is 11.3 Å². The number of thiazole rings is 1. The Morgan fingerprint density at radius 2 is 2.05 bits per heavy atom. The highest BCUT2D eigenvalue weighted by Crippen LogP contribution is 2.29. The molecule has 2 aromatic heterocycles. The number of hydrogen-bond donors (Lipinski definition) is 0. The lowest BCUT2D eigenvalue weighted by molar-refractivity contribution is 0.0823. The van der Waals surface area contributed by atoms with Gasteiger partial charge in [-0.2, -0.15) is 0 Å². The van der Waals surface area contributed by atoms with E-state index in [9.17, 15) is 4.79 Å². The summed E-state index contributed by atoms with van der Waals surface area (Å²) in [6, 6.07) is 10.3. The Hall–Kier alpha value is -2.14. The molecule has 0 N–H and O–H groups in total. The van der Waals surface area contributed by atoms with Crippen molar-refractivity contribution in [2.24, 2.45) is 7.05 Å².